The summed E-state index contributed by atoms with van der Waals surface area (Å²) in [5.41, 5.74) is 0.977. The fourth-order valence-corrected chi connectivity index (χ4v) is 1.70. The molecule has 0 saturated carbocycles. The molecule has 0 aliphatic carbocycles. The number of aryl methyl sites for hydroxylation is 1. The van der Waals surface area contributed by atoms with Gasteiger partial charge in [-0.15, -0.1) is 0 Å². The van der Waals surface area contributed by atoms with Crippen LogP contribution in [0.5, 0.6) is 0 Å². The molecule has 0 aliphatic rings. The van der Waals surface area contributed by atoms with Crippen LogP contribution in [0.15, 0.2) is 39.5 Å². The fourth-order valence-electron chi connectivity index (χ4n) is 1.47. The highest BCUT2D eigenvalue weighted by Gasteiger charge is 2.08. The first-order valence-corrected chi connectivity index (χ1v) is 5.89. The zero-order valence-corrected chi connectivity index (χ0v) is 10.8. The number of nitrogens with zero attached hydrogens (tertiary/aromatic N) is 1. The van der Waals surface area contributed by atoms with Crippen molar-refractivity contribution in [1.82, 2.24) is 4.98 Å². The van der Waals surface area contributed by atoms with E-state index in [9.17, 15) is 0 Å². The summed E-state index contributed by atoms with van der Waals surface area (Å²) in [5, 5.41) is 3.32. The van der Waals surface area contributed by atoms with Crippen molar-refractivity contribution in [3.05, 3.63) is 46.6 Å². The van der Waals surface area contributed by atoms with Crippen molar-refractivity contribution in [2.75, 3.05) is 5.32 Å². The molecule has 0 aliphatic heterocycles. The number of hydrogen-bond acceptors (Lipinski definition) is 3. The van der Waals surface area contributed by atoms with Gasteiger partial charge in [0.15, 0.2) is 0 Å². The summed E-state index contributed by atoms with van der Waals surface area (Å²) < 4.78 is 6.38. The first kappa shape index (κ1) is 11.2. The Bertz CT molecular complexity index is 464. The van der Waals surface area contributed by atoms with E-state index in [0.29, 0.717) is 0 Å². The summed E-state index contributed by atoms with van der Waals surface area (Å²) in [5.74, 6) is 1.86. The second-order valence-corrected chi connectivity index (χ2v) is 4.50. The van der Waals surface area contributed by atoms with Crippen molar-refractivity contribution in [1.29, 1.82) is 0 Å². The largest absolute Gasteiger partial charge is 0.464 e. The number of halogens is 1. The van der Waals surface area contributed by atoms with Crippen LogP contribution < -0.4 is 5.32 Å². The number of furan rings is 1. The molecule has 3 nitrogen and oxygen atoms in total. The summed E-state index contributed by atoms with van der Waals surface area (Å²) in [6.07, 6.45) is 1.79. The molecule has 84 valence electrons. The quantitative estimate of drug-likeness (QED) is 0.866. The van der Waals surface area contributed by atoms with Gasteiger partial charge in [0.2, 0.25) is 0 Å². The van der Waals surface area contributed by atoms with Crippen LogP contribution in [0.3, 0.4) is 0 Å². The summed E-state index contributed by atoms with van der Waals surface area (Å²) >= 11 is 3.30. The van der Waals surface area contributed by atoms with Crippen molar-refractivity contribution < 1.29 is 4.42 Å². The van der Waals surface area contributed by atoms with E-state index in [2.05, 4.69) is 33.2 Å². The van der Waals surface area contributed by atoms with E-state index < -0.39 is 0 Å². The highest BCUT2D eigenvalue weighted by atomic mass is 79.9. The molecule has 1 atom stereocenters. The molecule has 0 amide bonds. The summed E-state index contributed by atoms with van der Waals surface area (Å²) in [7, 11) is 0. The Morgan fingerprint density at radius 3 is 2.69 bits per heavy atom. The molecule has 2 aromatic heterocycles. The van der Waals surface area contributed by atoms with Gasteiger partial charge in [0.05, 0.1) is 17.9 Å². The Hall–Kier alpha value is -1.29. The van der Waals surface area contributed by atoms with E-state index >= 15 is 0 Å². The normalized spacial score (nSPS) is 12.4. The van der Waals surface area contributed by atoms with Crippen LogP contribution in [0.1, 0.15) is 24.5 Å². The maximum atomic E-state index is 5.55. The highest BCUT2D eigenvalue weighted by Crippen LogP contribution is 2.21. The van der Waals surface area contributed by atoms with Gasteiger partial charge in [-0.3, -0.25) is 0 Å². The number of hydrogen-bond donors (Lipinski definition) is 1. The molecular formula is C12H13BrN2O. The van der Waals surface area contributed by atoms with Crippen LogP contribution in [0, 0.1) is 6.92 Å². The second-order valence-electron chi connectivity index (χ2n) is 3.68. The molecule has 2 rings (SSSR count). The van der Waals surface area contributed by atoms with Crippen molar-refractivity contribution >= 4 is 21.6 Å². The zero-order chi connectivity index (χ0) is 11.5. The minimum atomic E-state index is 0.136. The van der Waals surface area contributed by atoms with E-state index in [1.165, 1.54) is 0 Å². The SMILES string of the molecule is Cc1ccc(C(C)Nc2ccc(Br)nc2)o1. The van der Waals surface area contributed by atoms with Gasteiger partial charge in [-0.2, -0.15) is 0 Å². The maximum absolute atomic E-state index is 5.55. The van der Waals surface area contributed by atoms with Gasteiger partial charge in [-0.25, -0.2) is 4.98 Å². The third-order valence-corrected chi connectivity index (χ3v) is 2.77. The first-order chi connectivity index (χ1) is 7.65. The molecular weight excluding hydrogens is 268 g/mol. The monoisotopic (exact) mass is 280 g/mol. The molecule has 0 aromatic carbocycles. The van der Waals surface area contributed by atoms with Crippen LogP contribution in [-0.4, -0.2) is 4.98 Å². The molecule has 16 heavy (non-hydrogen) atoms. The van der Waals surface area contributed by atoms with Crippen LogP contribution in [-0.2, 0) is 0 Å². The first-order valence-electron chi connectivity index (χ1n) is 5.09. The van der Waals surface area contributed by atoms with E-state index in [0.717, 1.165) is 21.8 Å². The van der Waals surface area contributed by atoms with E-state index in [1.54, 1.807) is 6.20 Å². The highest BCUT2D eigenvalue weighted by molar-refractivity contribution is 9.10. The van der Waals surface area contributed by atoms with Crippen molar-refractivity contribution in [3.63, 3.8) is 0 Å². The second kappa shape index (κ2) is 4.70. The predicted octanol–water partition coefficient (Wildman–Crippen LogP) is 3.92. The smallest absolute Gasteiger partial charge is 0.126 e. The van der Waals surface area contributed by atoms with E-state index in [1.807, 2.05) is 31.2 Å². The lowest BCUT2D eigenvalue weighted by Crippen LogP contribution is -2.05. The maximum Gasteiger partial charge on any atom is 0.126 e. The van der Waals surface area contributed by atoms with Gasteiger partial charge < -0.3 is 9.73 Å². The summed E-state index contributed by atoms with van der Waals surface area (Å²) in [4.78, 5) is 4.15. The van der Waals surface area contributed by atoms with Gasteiger partial charge in [-0.05, 0) is 54.0 Å². The minimum Gasteiger partial charge on any atom is -0.464 e. The molecule has 0 radical (unpaired) electrons. The van der Waals surface area contributed by atoms with Crippen LogP contribution in [0.25, 0.3) is 0 Å². The molecule has 1 N–H and O–H groups in total. The van der Waals surface area contributed by atoms with Gasteiger partial charge in [0.25, 0.3) is 0 Å². The van der Waals surface area contributed by atoms with Gasteiger partial charge in [0, 0.05) is 0 Å². The molecule has 0 bridgehead atoms. The number of anilines is 1. The molecule has 0 fully saturated rings. The van der Waals surface area contributed by atoms with Crippen molar-refractivity contribution in [2.24, 2.45) is 0 Å². The molecule has 0 saturated heterocycles. The number of rotatable bonds is 3. The third-order valence-electron chi connectivity index (χ3n) is 2.30. The summed E-state index contributed by atoms with van der Waals surface area (Å²) in [6, 6.07) is 7.97. The lowest BCUT2D eigenvalue weighted by Gasteiger charge is -2.12. The van der Waals surface area contributed by atoms with Crippen molar-refractivity contribution in [3.8, 4) is 0 Å². The Balaban J connectivity index is 2.07. The molecule has 0 spiro atoms. The Morgan fingerprint density at radius 2 is 2.12 bits per heavy atom. The third kappa shape index (κ3) is 2.64. The summed E-state index contributed by atoms with van der Waals surface area (Å²) in [6.45, 7) is 4.00. The Labute approximate surface area is 103 Å². The van der Waals surface area contributed by atoms with Gasteiger partial charge in [-0.1, -0.05) is 0 Å². The molecule has 2 aromatic rings. The minimum absolute atomic E-state index is 0.136. The average molecular weight is 281 g/mol. The zero-order valence-electron chi connectivity index (χ0n) is 9.20. The number of nitrogens with one attached hydrogen (secondary N) is 1. The molecule has 4 heteroatoms. The fraction of sp³-hybridized carbons (Fsp3) is 0.250. The standard InChI is InChI=1S/C12H13BrN2O/c1-8-3-5-11(16-8)9(2)15-10-4-6-12(13)14-7-10/h3-7,9,15H,1-2H3. The molecule has 1 unspecified atom stereocenters. The van der Waals surface area contributed by atoms with E-state index in [4.69, 9.17) is 4.42 Å². The lowest BCUT2D eigenvalue weighted by molar-refractivity contribution is 0.467. The average Bonchev–Trinajstić information content (AvgIpc) is 2.68. The number of aromatic nitrogens is 1. The Morgan fingerprint density at radius 1 is 1.31 bits per heavy atom. The number of pyridine rings is 1. The van der Waals surface area contributed by atoms with Crippen LogP contribution in [0.4, 0.5) is 5.69 Å². The lowest BCUT2D eigenvalue weighted by atomic mass is 10.2. The van der Waals surface area contributed by atoms with Crippen molar-refractivity contribution in [2.45, 2.75) is 19.9 Å². The Kier molecular flexibility index (Phi) is 3.29. The van der Waals surface area contributed by atoms with Crippen LogP contribution in [0.2, 0.25) is 0 Å². The van der Waals surface area contributed by atoms with Gasteiger partial charge >= 0.3 is 0 Å². The van der Waals surface area contributed by atoms with Crippen LogP contribution >= 0.6 is 15.9 Å². The van der Waals surface area contributed by atoms with Gasteiger partial charge in [0.1, 0.15) is 16.1 Å². The molecule has 2 heterocycles. The topological polar surface area (TPSA) is 38.1 Å². The van der Waals surface area contributed by atoms with E-state index in [-0.39, 0.29) is 6.04 Å². The predicted molar refractivity (Wildman–Crippen MR) is 67.4 cm³/mol.